The van der Waals surface area contributed by atoms with E-state index in [0.29, 0.717) is 12.0 Å². The van der Waals surface area contributed by atoms with E-state index in [0.717, 1.165) is 31.0 Å². The average Bonchev–Trinajstić information content (AvgIpc) is 2.81. The first kappa shape index (κ1) is 17.5. The number of benzene rings is 1. The summed E-state index contributed by atoms with van der Waals surface area (Å²) in [4.78, 5) is 4.38. The van der Waals surface area contributed by atoms with Gasteiger partial charge in [-0.1, -0.05) is 24.3 Å². The molecule has 1 aliphatic rings. The molecule has 0 aliphatic heterocycles. The van der Waals surface area contributed by atoms with E-state index in [1.807, 2.05) is 18.8 Å². The number of aromatic nitrogens is 2. The summed E-state index contributed by atoms with van der Waals surface area (Å²) in [6.45, 7) is 7.32. The van der Waals surface area contributed by atoms with E-state index < -0.39 is 0 Å². The quantitative estimate of drug-likeness (QED) is 0.650. The van der Waals surface area contributed by atoms with Gasteiger partial charge in [0.2, 0.25) is 0 Å². The van der Waals surface area contributed by atoms with Crippen molar-refractivity contribution < 1.29 is 0 Å². The topological polar surface area (TPSA) is 54.2 Å². The average molecular weight is 339 g/mol. The minimum atomic E-state index is 0.293. The lowest BCUT2D eigenvalue weighted by molar-refractivity contribution is 0.572. The molecule has 5 heteroatoms. The number of hydrogen-bond donors (Lipinski definition) is 2. The number of nitrogens with zero attached hydrogens (tertiary/aromatic N) is 3. The third kappa shape index (κ3) is 3.70. The van der Waals surface area contributed by atoms with Crippen LogP contribution in [0.4, 0.5) is 0 Å². The Balaban J connectivity index is 1.52. The molecule has 1 aromatic carbocycles. The fraction of sp³-hybridized carbons (Fsp3) is 0.500. The van der Waals surface area contributed by atoms with E-state index in [2.05, 4.69) is 65.8 Å². The monoisotopic (exact) mass is 339 g/mol. The highest BCUT2D eigenvalue weighted by molar-refractivity contribution is 5.80. The van der Waals surface area contributed by atoms with Gasteiger partial charge in [0.05, 0.1) is 5.69 Å². The number of aryl methyl sites for hydroxylation is 2. The highest BCUT2D eigenvalue weighted by Crippen LogP contribution is 2.33. The Morgan fingerprint density at radius 3 is 2.76 bits per heavy atom. The Labute approximate surface area is 150 Å². The van der Waals surface area contributed by atoms with Gasteiger partial charge < -0.3 is 10.6 Å². The minimum absolute atomic E-state index is 0.293. The summed E-state index contributed by atoms with van der Waals surface area (Å²) in [5.41, 5.74) is 6.63. The Morgan fingerprint density at radius 2 is 2.12 bits per heavy atom. The second kappa shape index (κ2) is 7.30. The lowest BCUT2D eigenvalue weighted by Crippen LogP contribution is -2.45. The van der Waals surface area contributed by atoms with Crippen LogP contribution in [0.15, 0.2) is 29.3 Å². The van der Waals surface area contributed by atoms with Crippen molar-refractivity contribution in [2.75, 3.05) is 13.6 Å². The second-order valence-electron chi connectivity index (χ2n) is 7.08. The van der Waals surface area contributed by atoms with Crippen LogP contribution in [0.5, 0.6) is 0 Å². The van der Waals surface area contributed by atoms with Crippen LogP contribution in [0.2, 0.25) is 0 Å². The van der Waals surface area contributed by atoms with Crippen molar-refractivity contribution in [1.82, 2.24) is 20.4 Å². The van der Waals surface area contributed by atoms with Crippen molar-refractivity contribution in [2.24, 2.45) is 12.0 Å². The van der Waals surface area contributed by atoms with Crippen molar-refractivity contribution in [2.45, 2.75) is 45.6 Å². The standard InChI is InChI=1S/C20H29N5/c1-13(10-19-14(2)24-25(5)15(19)3)23-20(21-4)22-12-17-11-16-8-6-7-9-18(16)17/h6-9,13,17H,10-12H2,1-5H3,(H2,21,22,23). The molecule has 134 valence electrons. The molecule has 1 aliphatic carbocycles. The molecule has 2 N–H and O–H groups in total. The van der Waals surface area contributed by atoms with Crippen LogP contribution >= 0.6 is 0 Å². The summed E-state index contributed by atoms with van der Waals surface area (Å²) in [7, 11) is 3.83. The molecule has 2 unspecified atom stereocenters. The molecule has 1 heterocycles. The van der Waals surface area contributed by atoms with Gasteiger partial charge in [0.25, 0.3) is 0 Å². The van der Waals surface area contributed by atoms with Crippen molar-refractivity contribution in [3.63, 3.8) is 0 Å². The van der Waals surface area contributed by atoms with Crippen LogP contribution in [-0.4, -0.2) is 35.4 Å². The van der Waals surface area contributed by atoms with Gasteiger partial charge in [-0.2, -0.15) is 5.10 Å². The van der Waals surface area contributed by atoms with Gasteiger partial charge in [0.1, 0.15) is 0 Å². The maximum Gasteiger partial charge on any atom is 0.191 e. The molecule has 25 heavy (non-hydrogen) atoms. The molecule has 0 bridgehead atoms. The fourth-order valence-electron chi connectivity index (χ4n) is 3.66. The molecule has 1 aromatic heterocycles. The Morgan fingerprint density at radius 1 is 1.36 bits per heavy atom. The zero-order chi connectivity index (χ0) is 18.0. The van der Waals surface area contributed by atoms with Gasteiger partial charge in [0.15, 0.2) is 5.96 Å². The Bertz CT molecular complexity index is 774. The van der Waals surface area contributed by atoms with E-state index in [4.69, 9.17) is 0 Å². The number of aliphatic imine (C=N–C) groups is 1. The Kier molecular flexibility index (Phi) is 5.11. The summed E-state index contributed by atoms with van der Waals surface area (Å²) < 4.78 is 1.96. The van der Waals surface area contributed by atoms with E-state index in [-0.39, 0.29) is 0 Å². The summed E-state index contributed by atoms with van der Waals surface area (Å²) >= 11 is 0. The van der Waals surface area contributed by atoms with Gasteiger partial charge in [0, 0.05) is 38.3 Å². The van der Waals surface area contributed by atoms with E-state index in [1.165, 1.54) is 22.4 Å². The predicted octanol–water partition coefficient (Wildman–Crippen LogP) is 2.47. The molecule has 0 amide bonds. The number of hydrogen-bond acceptors (Lipinski definition) is 2. The summed E-state index contributed by atoms with van der Waals surface area (Å²) in [5.74, 6) is 1.46. The molecular formula is C20H29N5. The number of rotatable bonds is 5. The minimum Gasteiger partial charge on any atom is -0.356 e. The molecule has 0 radical (unpaired) electrons. The van der Waals surface area contributed by atoms with E-state index in [1.54, 1.807) is 0 Å². The smallest absolute Gasteiger partial charge is 0.191 e. The molecule has 5 nitrogen and oxygen atoms in total. The first-order valence-corrected chi connectivity index (χ1v) is 9.03. The first-order valence-electron chi connectivity index (χ1n) is 9.03. The van der Waals surface area contributed by atoms with Crippen molar-refractivity contribution in [3.05, 3.63) is 52.3 Å². The van der Waals surface area contributed by atoms with Crippen molar-refractivity contribution in [1.29, 1.82) is 0 Å². The van der Waals surface area contributed by atoms with E-state index >= 15 is 0 Å². The Hall–Kier alpha value is -2.30. The summed E-state index contributed by atoms with van der Waals surface area (Å²) in [6, 6.07) is 8.99. The van der Waals surface area contributed by atoms with Crippen LogP contribution in [0.3, 0.4) is 0 Å². The van der Waals surface area contributed by atoms with Crippen molar-refractivity contribution >= 4 is 5.96 Å². The van der Waals surface area contributed by atoms with Crippen LogP contribution in [0, 0.1) is 13.8 Å². The summed E-state index contributed by atoms with van der Waals surface area (Å²) in [6.07, 6.45) is 2.10. The van der Waals surface area contributed by atoms with E-state index in [9.17, 15) is 0 Å². The third-order valence-corrected chi connectivity index (χ3v) is 5.25. The molecule has 3 rings (SSSR count). The fourth-order valence-corrected chi connectivity index (χ4v) is 3.66. The van der Waals surface area contributed by atoms with Gasteiger partial charge in [-0.05, 0) is 50.3 Å². The van der Waals surface area contributed by atoms with Crippen molar-refractivity contribution in [3.8, 4) is 0 Å². The summed E-state index contributed by atoms with van der Waals surface area (Å²) in [5, 5.41) is 11.5. The van der Waals surface area contributed by atoms with Gasteiger partial charge in [-0.25, -0.2) is 0 Å². The largest absolute Gasteiger partial charge is 0.356 e. The first-order chi connectivity index (χ1) is 12.0. The SMILES string of the molecule is CN=C(NCC1Cc2ccccc21)NC(C)Cc1c(C)nn(C)c1C. The predicted molar refractivity (Wildman–Crippen MR) is 103 cm³/mol. The lowest BCUT2D eigenvalue weighted by Gasteiger charge is -2.31. The molecule has 2 aromatic rings. The van der Waals surface area contributed by atoms with Gasteiger partial charge >= 0.3 is 0 Å². The number of nitrogens with one attached hydrogen (secondary N) is 2. The maximum atomic E-state index is 4.51. The van der Waals surface area contributed by atoms with Crippen LogP contribution < -0.4 is 10.6 Å². The zero-order valence-electron chi connectivity index (χ0n) is 15.9. The van der Waals surface area contributed by atoms with Crippen LogP contribution in [-0.2, 0) is 19.9 Å². The second-order valence-corrected chi connectivity index (χ2v) is 7.08. The molecule has 0 fully saturated rings. The molecular weight excluding hydrogens is 310 g/mol. The van der Waals surface area contributed by atoms with Crippen LogP contribution in [0.25, 0.3) is 0 Å². The molecule has 0 saturated heterocycles. The van der Waals surface area contributed by atoms with Gasteiger partial charge in [-0.15, -0.1) is 0 Å². The lowest BCUT2D eigenvalue weighted by atomic mass is 9.78. The zero-order valence-corrected chi connectivity index (χ0v) is 15.9. The highest BCUT2D eigenvalue weighted by Gasteiger charge is 2.25. The molecule has 0 spiro atoms. The van der Waals surface area contributed by atoms with Crippen LogP contribution in [0.1, 0.15) is 40.9 Å². The molecule has 2 atom stereocenters. The van der Waals surface area contributed by atoms with Gasteiger partial charge in [-0.3, -0.25) is 9.67 Å². The normalized spacial score (nSPS) is 17.6. The maximum absolute atomic E-state index is 4.51. The number of guanidine groups is 1. The third-order valence-electron chi connectivity index (χ3n) is 5.25. The number of fused-ring (bicyclic) bond motifs is 1. The highest BCUT2D eigenvalue weighted by atomic mass is 15.3. The molecule has 0 saturated carbocycles.